The number of hydrogen-bond acceptors (Lipinski definition) is 3. The van der Waals surface area contributed by atoms with Gasteiger partial charge in [-0.05, 0) is 49.4 Å². The summed E-state index contributed by atoms with van der Waals surface area (Å²) in [4.78, 5) is 17.4. The van der Waals surface area contributed by atoms with E-state index in [1.807, 2.05) is 73.7 Å². The first-order valence-electron chi connectivity index (χ1n) is 8.58. The molecule has 4 aromatic rings. The standard InChI is InChI=1S/C22H17ClN2O2/c1-15-24-21-9-5-3-7-19(21)22(26)25(15)17-10-12-18(13-11-17)27-14-16-6-2-4-8-20(16)23/h2-13H,14H2,1H3. The fraction of sp³-hybridized carbons (Fsp3) is 0.0909. The maximum atomic E-state index is 12.9. The molecule has 5 heteroatoms. The van der Waals surface area contributed by atoms with Crippen molar-refractivity contribution in [2.75, 3.05) is 0 Å². The first kappa shape index (κ1) is 17.3. The van der Waals surface area contributed by atoms with Crippen molar-refractivity contribution in [1.82, 2.24) is 9.55 Å². The number of para-hydroxylation sites is 1. The van der Waals surface area contributed by atoms with Crippen molar-refractivity contribution in [3.05, 3.63) is 99.6 Å². The van der Waals surface area contributed by atoms with Crippen molar-refractivity contribution in [2.45, 2.75) is 13.5 Å². The summed E-state index contributed by atoms with van der Waals surface area (Å²) in [6, 6.07) is 22.3. The van der Waals surface area contributed by atoms with Gasteiger partial charge in [-0.25, -0.2) is 4.98 Å². The van der Waals surface area contributed by atoms with Crippen molar-refractivity contribution in [3.63, 3.8) is 0 Å². The van der Waals surface area contributed by atoms with Crippen molar-refractivity contribution in [2.24, 2.45) is 0 Å². The summed E-state index contributed by atoms with van der Waals surface area (Å²) in [5, 5.41) is 1.28. The summed E-state index contributed by atoms with van der Waals surface area (Å²) < 4.78 is 7.42. The molecule has 0 aliphatic rings. The average molecular weight is 377 g/mol. The molecule has 27 heavy (non-hydrogen) atoms. The topological polar surface area (TPSA) is 44.1 Å². The Labute approximate surface area is 161 Å². The smallest absolute Gasteiger partial charge is 0.265 e. The molecule has 0 aliphatic carbocycles. The molecule has 0 bridgehead atoms. The lowest BCUT2D eigenvalue weighted by atomic mass is 10.2. The highest BCUT2D eigenvalue weighted by molar-refractivity contribution is 6.31. The zero-order valence-corrected chi connectivity index (χ0v) is 15.5. The van der Waals surface area contributed by atoms with Crippen LogP contribution in [0.5, 0.6) is 5.75 Å². The Bertz CT molecular complexity index is 1170. The molecule has 0 atom stereocenters. The number of aromatic nitrogens is 2. The number of halogens is 1. The molecule has 0 saturated heterocycles. The molecule has 0 amide bonds. The zero-order valence-electron chi connectivity index (χ0n) is 14.7. The van der Waals surface area contributed by atoms with Gasteiger partial charge in [0.1, 0.15) is 18.2 Å². The molecule has 1 heterocycles. The number of hydrogen-bond donors (Lipinski definition) is 0. The quantitative estimate of drug-likeness (QED) is 0.507. The third-order valence-electron chi connectivity index (χ3n) is 4.39. The lowest BCUT2D eigenvalue weighted by Gasteiger charge is -2.12. The van der Waals surface area contributed by atoms with Crippen LogP contribution in [0, 0.1) is 6.92 Å². The molecule has 134 valence electrons. The third-order valence-corrected chi connectivity index (χ3v) is 4.76. The molecule has 4 nitrogen and oxygen atoms in total. The molecule has 1 aromatic heterocycles. The normalized spacial score (nSPS) is 10.9. The molecule has 0 unspecified atom stereocenters. The van der Waals surface area contributed by atoms with Crippen LogP contribution < -0.4 is 10.3 Å². The van der Waals surface area contributed by atoms with Crippen LogP contribution in [0.25, 0.3) is 16.6 Å². The van der Waals surface area contributed by atoms with Gasteiger partial charge in [-0.3, -0.25) is 9.36 Å². The van der Waals surface area contributed by atoms with E-state index in [9.17, 15) is 4.79 Å². The summed E-state index contributed by atoms with van der Waals surface area (Å²) in [6.07, 6.45) is 0. The maximum absolute atomic E-state index is 12.9. The molecule has 4 rings (SSSR count). The summed E-state index contributed by atoms with van der Waals surface area (Å²) in [5.41, 5.74) is 2.30. The van der Waals surface area contributed by atoms with Crippen molar-refractivity contribution >= 4 is 22.5 Å². The van der Waals surface area contributed by atoms with E-state index in [-0.39, 0.29) is 5.56 Å². The van der Waals surface area contributed by atoms with Gasteiger partial charge >= 0.3 is 0 Å². The molecule has 0 fully saturated rings. The van der Waals surface area contributed by atoms with Crippen molar-refractivity contribution in [3.8, 4) is 11.4 Å². The van der Waals surface area contributed by atoms with E-state index >= 15 is 0 Å². The lowest BCUT2D eigenvalue weighted by molar-refractivity contribution is 0.306. The van der Waals surface area contributed by atoms with Gasteiger partial charge in [-0.2, -0.15) is 0 Å². The SMILES string of the molecule is Cc1nc2ccccc2c(=O)n1-c1ccc(OCc2ccccc2Cl)cc1. The van der Waals surface area contributed by atoms with Crippen LogP contribution in [0.2, 0.25) is 5.02 Å². The van der Waals surface area contributed by atoms with Gasteiger partial charge in [0.15, 0.2) is 0 Å². The summed E-state index contributed by atoms with van der Waals surface area (Å²) >= 11 is 6.15. The predicted octanol–water partition coefficient (Wildman–Crippen LogP) is 4.93. The van der Waals surface area contributed by atoms with Gasteiger partial charge in [-0.15, -0.1) is 0 Å². The first-order chi connectivity index (χ1) is 13.1. The van der Waals surface area contributed by atoms with E-state index < -0.39 is 0 Å². The van der Waals surface area contributed by atoms with Crippen LogP contribution in [0.3, 0.4) is 0 Å². The van der Waals surface area contributed by atoms with E-state index in [0.29, 0.717) is 34.1 Å². The van der Waals surface area contributed by atoms with Gasteiger partial charge in [0, 0.05) is 10.6 Å². The first-order valence-corrected chi connectivity index (χ1v) is 8.96. The second-order valence-electron chi connectivity index (χ2n) is 6.19. The lowest BCUT2D eigenvalue weighted by Crippen LogP contribution is -2.22. The highest BCUT2D eigenvalue weighted by atomic mass is 35.5. The van der Waals surface area contributed by atoms with Gasteiger partial charge in [0.05, 0.1) is 16.6 Å². The molecule has 0 radical (unpaired) electrons. The zero-order chi connectivity index (χ0) is 18.8. The minimum atomic E-state index is -0.0807. The number of nitrogens with zero attached hydrogens (tertiary/aromatic N) is 2. The van der Waals surface area contributed by atoms with Crippen LogP contribution in [-0.4, -0.2) is 9.55 Å². The van der Waals surface area contributed by atoms with E-state index in [4.69, 9.17) is 16.3 Å². The molecule has 0 N–H and O–H groups in total. The Morgan fingerprint density at radius 3 is 2.44 bits per heavy atom. The molecule has 0 spiro atoms. The van der Waals surface area contributed by atoms with Crippen LogP contribution in [-0.2, 0) is 6.61 Å². The average Bonchev–Trinajstić information content (AvgIpc) is 2.68. The fourth-order valence-corrected chi connectivity index (χ4v) is 3.21. The number of benzene rings is 3. The summed E-state index contributed by atoms with van der Waals surface area (Å²) in [6.45, 7) is 2.21. The maximum Gasteiger partial charge on any atom is 0.265 e. The molecule has 3 aromatic carbocycles. The van der Waals surface area contributed by atoms with E-state index in [1.165, 1.54) is 0 Å². The third kappa shape index (κ3) is 3.44. The van der Waals surface area contributed by atoms with Crippen LogP contribution in [0.1, 0.15) is 11.4 Å². The number of ether oxygens (including phenoxy) is 1. The molecular weight excluding hydrogens is 360 g/mol. The Morgan fingerprint density at radius 2 is 1.67 bits per heavy atom. The highest BCUT2D eigenvalue weighted by Crippen LogP contribution is 2.20. The van der Waals surface area contributed by atoms with Gasteiger partial charge in [-0.1, -0.05) is 41.9 Å². The number of aryl methyl sites for hydroxylation is 1. The summed E-state index contributed by atoms with van der Waals surface area (Å²) in [7, 11) is 0. The largest absolute Gasteiger partial charge is 0.489 e. The number of fused-ring (bicyclic) bond motifs is 1. The minimum absolute atomic E-state index is 0.0807. The van der Waals surface area contributed by atoms with Crippen molar-refractivity contribution in [1.29, 1.82) is 0 Å². The second kappa shape index (κ2) is 7.25. The number of rotatable bonds is 4. The van der Waals surface area contributed by atoms with Gasteiger partial charge < -0.3 is 4.74 Å². The van der Waals surface area contributed by atoms with Gasteiger partial charge in [0.25, 0.3) is 5.56 Å². The Hall–Kier alpha value is -3.11. The minimum Gasteiger partial charge on any atom is -0.489 e. The summed E-state index contributed by atoms with van der Waals surface area (Å²) in [5.74, 6) is 1.35. The van der Waals surface area contributed by atoms with Crippen LogP contribution in [0.4, 0.5) is 0 Å². The van der Waals surface area contributed by atoms with Crippen molar-refractivity contribution < 1.29 is 4.74 Å². The van der Waals surface area contributed by atoms with E-state index in [1.54, 1.807) is 10.6 Å². The Morgan fingerprint density at radius 1 is 0.963 bits per heavy atom. The van der Waals surface area contributed by atoms with E-state index in [2.05, 4.69) is 4.98 Å². The predicted molar refractivity (Wildman–Crippen MR) is 108 cm³/mol. The Kier molecular flexibility index (Phi) is 4.65. The monoisotopic (exact) mass is 376 g/mol. The molecule has 0 aliphatic heterocycles. The Balaban J connectivity index is 1.62. The van der Waals surface area contributed by atoms with Crippen LogP contribution >= 0.6 is 11.6 Å². The second-order valence-corrected chi connectivity index (χ2v) is 6.60. The fourth-order valence-electron chi connectivity index (χ4n) is 3.02. The highest BCUT2D eigenvalue weighted by Gasteiger charge is 2.09. The molecular formula is C22H17ClN2O2. The van der Waals surface area contributed by atoms with E-state index in [0.717, 1.165) is 11.3 Å². The molecule has 0 saturated carbocycles. The van der Waals surface area contributed by atoms with Gasteiger partial charge in [0.2, 0.25) is 0 Å². The van der Waals surface area contributed by atoms with Crippen LogP contribution in [0.15, 0.2) is 77.6 Å².